The van der Waals surface area contributed by atoms with Gasteiger partial charge >= 0.3 is 0 Å². The minimum absolute atomic E-state index is 0.689. The minimum Gasteiger partial charge on any atom is -0.373 e. The van der Waals surface area contributed by atoms with Gasteiger partial charge in [0, 0.05) is 13.1 Å². The van der Waals surface area contributed by atoms with Crippen LogP contribution in [0.25, 0.3) is 0 Å². The lowest BCUT2D eigenvalue weighted by Crippen LogP contribution is -2.22. The molecule has 0 heterocycles. The van der Waals surface area contributed by atoms with E-state index in [0.717, 1.165) is 38.2 Å². The van der Waals surface area contributed by atoms with Crippen LogP contribution in [-0.2, 0) is 0 Å². The standard InChI is InChI=1S/C19H36N2/c1-6-9-13-20-16-19(5)12-11-15-21(14-10-7-2)17-18(4)8-3/h8,11,15,19-20H,3-4,6-7,9-10,12-14,16-17H2,1-2,5H3/b15-11-. The molecule has 122 valence electrons. The van der Waals surface area contributed by atoms with Gasteiger partial charge in [0.25, 0.3) is 0 Å². The summed E-state index contributed by atoms with van der Waals surface area (Å²) < 4.78 is 0. The van der Waals surface area contributed by atoms with Gasteiger partial charge in [-0.15, -0.1) is 0 Å². The summed E-state index contributed by atoms with van der Waals surface area (Å²) >= 11 is 0. The van der Waals surface area contributed by atoms with Crippen molar-refractivity contribution in [3.8, 4) is 0 Å². The maximum Gasteiger partial charge on any atom is 0.0417 e. The molecule has 1 unspecified atom stereocenters. The van der Waals surface area contributed by atoms with E-state index >= 15 is 0 Å². The highest BCUT2D eigenvalue weighted by atomic mass is 15.1. The van der Waals surface area contributed by atoms with E-state index in [9.17, 15) is 0 Å². The van der Waals surface area contributed by atoms with Crippen molar-refractivity contribution >= 4 is 0 Å². The first kappa shape index (κ1) is 20.0. The second-order valence-electron chi connectivity index (χ2n) is 5.97. The van der Waals surface area contributed by atoms with Gasteiger partial charge in [-0.05, 0) is 50.0 Å². The molecule has 0 fully saturated rings. The minimum atomic E-state index is 0.689. The van der Waals surface area contributed by atoms with Gasteiger partial charge in [-0.1, -0.05) is 58.9 Å². The van der Waals surface area contributed by atoms with Gasteiger partial charge in [-0.2, -0.15) is 0 Å². The Morgan fingerprint density at radius 3 is 2.57 bits per heavy atom. The molecule has 0 rings (SSSR count). The monoisotopic (exact) mass is 292 g/mol. The second kappa shape index (κ2) is 13.9. The second-order valence-corrected chi connectivity index (χ2v) is 5.97. The van der Waals surface area contributed by atoms with Crippen molar-refractivity contribution in [1.29, 1.82) is 0 Å². The quantitative estimate of drug-likeness (QED) is 0.367. The molecule has 0 aromatic carbocycles. The molecule has 0 aliphatic carbocycles. The van der Waals surface area contributed by atoms with Gasteiger partial charge in [0.05, 0.1) is 0 Å². The van der Waals surface area contributed by atoms with Gasteiger partial charge in [0.15, 0.2) is 0 Å². The van der Waals surface area contributed by atoms with Crippen LogP contribution in [0.15, 0.2) is 37.1 Å². The van der Waals surface area contributed by atoms with Crippen molar-refractivity contribution in [2.24, 2.45) is 5.92 Å². The van der Waals surface area contributed by atoms with E-state index in [2.05, 4.69) is 56.4 Å². The highest BCUT2D eigenvalue weighted by Crippen LogP contribution is 2.06. The highest BCUT2D eigenvalue weighted by molar-refractivity contribution is 5.13. The Morgan fingerprint density at radius 1 is 1.24 bits per heavy atom. The van der Waals surface area contributed by atoms with Crippen LogP contribution in [0.1, 0.15) is 52.9 Å². The van der Waals surface area contributed by atoms with Gasteiger partial charge in [-0.25, -0.2) is 0 Å². The van der Waals surface area contributed by atoms with E-state index in [1.165, 1.54) is 25.7 Å². The van der Waals surface area contributed by atoms with Crippen LogP contribution in [0.2, 0.25) is 0 Å². The molecule has 0 bridgehead atoms. The first-order chi connectivity index (χ1) is 10.1. The first-order valence-electron chi connectivity index (χ1n) is 8.55. The van der Waals surface area contributed by atoms with E-state index in [0.29, 0.717) is 5.92 Å². The molecule has 0 radical (unpaired) electrons. The lowest BCUT2D eigenvalue weighted by molar-refractivity contribution is 0.396. The molecule has 0 amide bonds. The first-order valence-corrected chi connectivity index (χ1v) is 8.55. The fraction of sp³-hybridized carbons (Fsp3) is 0.684. The average Bonchev–Trinajstić information content (AvgIpc) is 2.48. The summed E-state index contributed by atoms with van der Waals surface area (Å²) in [4.78, 5) is 2.35. The molecular weight excluding hydrogens is 256 g/mol. The molecule has 0 spiro atoms. The van der Waals surface area contributed by atoms with Crippen molar-refractivity contribution < 1.29 is 0 Å². The van der Waals surface area contributed by atoms with Gasteiger partial charge < -0.3 is 10.2 Å². The number of nitrogens with zero attached hydrogens (tertiary/aromatic N) is 1. The summed E-state index contributed by atoms with van der Waals surface area (Å²) in [5.41, 5.74) is 1.09. The van der Waals surface area contributed by atoms with E-state index in [4.69, 9.17) is 0 Å². The van der Waals surface area contributed by atoms with Crippen LogP contribution in [0.4, 0.5) is 0 Å². The highest BCUT2D eigenvalue weighted by Gasteiger charge is 2.01. The summed E-state index contributed by atoms with van der Waals surface area (Å²) in [6.07, 6.45) is 12.5. The molecule has 0 aliphatic heterocycles. The maximum atomic E-state index is 4.02. The summed E-state index contributed by atoms with van der Waals surface area (Å²) in [6, 6.07) is 0. The van der Waals surface area contributed by atoms with Crippen molar-refractivity contribution in [2.75, 3.05) is 26.2 Å². The van der Waals surface area contributed by atoms with Crippen LogP contribution >= 0.6 is 0 Å². The molecule has 2 nitrogen and oxygen atoms in total. The zero-order chi connectivity index (χ0) is 15.9. The lowest BCUT2D eigenvalue weighted by Gasteiger charge is -2.20. The number of hydrogen-bond acceptors (Lipinski definition) is 2. The molecule has 1 N–H and O–H groups in total. The summed E-state index contributed by atoms with van der Waals surface area (Å²) in [6.45, 7) is 18.8. The zero-order valence-electron chi connectivity index (χ0n) is 14.5. The Labute approximate surface area is 133 Å². The van der Waals surface area contributed by atoms with E-state index < -0.39 is 0 Å². The normalized spacial score (nSPS) is 12.5. The van der Waals surface area contributed by atoms with E-state index in [-0.39, 0.29) is 0 Å². The summed E-state index contributed by atoms with van der Waals surface area (Å²) in [5.74, 6) is 0.689. The number of nitrogens with one attached hydrogen (secondary N) is 1. The summed E-state index contributed by atoms with van der Waals surface area (Å²) in [5, 5.41) is 3.52. The molecule has 0 aromatic rings. The van der Waals surface area contributed by atoms with Gasteiger partial charge in [0.2, 0.25) is 0 Å². The van der Waals surface area contributed by atoms with Crippen molar-refractivity contribution in [3.05, 3.63) is 37.1 Å². The van der Waals surface area contributed by atoms with Crippen molar-refractivity contribution in [2.45, 2.75) is 52.9 Å². The molecule has 21 heavy (non-hydrogen) atoms. The molecule has 0 saturated heterocycles. The van der Waals surface area contributed by atoms with Gasteiger partial charge in [-0.3, -0.25) is 0 Å². The van der Waals surface area contributed by atoms with E-state index in [1.807, 2.05) is 6.08 Å². The number of rotatable bonds is 14. The number of unbranched alkanes of at least 4 members (excludes halogenated alkanes) is 2. The third-order valence-electron chi connectivity index (χ3n) is 3.55. The Balaban J connectivity index is 4.04. The largest absolute Gasteiger partial charge is 0.373 e. The van der Waals surface area contributed by atoms with Crippen LogP contribution in [0.3, 0.4) is 0 Å². The van der Waals surface area contributed by atoms with Crippen LogP contribution in [-0.4, -0.2) is 31.1 Å². The maximum absolute atomic E-state index is 4.02. The molecule has 1 atom stereocenters. The fourth-order valence-corrected chi connectivity index (χ4v) is 2.07. The predicted octanol–water partition coefficient (Wildman–Crippen LogP) is 4.76. The SMILES string of the molecule is C=CC(=C)CN(/C=C\CC(C)CNCCCC)CCCC. The predicted molar refractivity (Wildman–Crippen MR) is 96.5 cm³/mol. The average molecular weight is 293 g/mol. The Hall–Kier alpha value is -1.02. The lowest BCUT2D eigenvalue weighted by atomic mass is 10.1. The topological polar surface area (TPSA) is 15.3 Å². The Morgan fingerprint density at radius 2 is 1.95 bits per heavy atom. The molecule has 2 heteroatoms. The molecular formula is C19H36N2. The van der Waals surface area contributed by atoms with Crippen LogP contribution in [0, 0.1) is 5.92 Å². The summed E-state index contributed by atoms with van der Waals surface area (Å²) in [7, 11) is 0. The third-order valence-corrected chi connectivity index (χ3v) is 3.55. The Kier molecular flexibility index (Phi) is 13.3. The van der Waals surface area contributed by atoms with Crippen LogP contribution in [0.5, 0.6) is 0 Å². The van der Waals surface area contributed by atoms with Crippen LogP contribution < -0.4 is 5.32 Å². The Bertz CT molecular complexity index is 294. The third kappa shape index (κ3) is 12.4. The van der Waals surface area contributed by atoms with Crippen molar-refractivity contribution in [3.63, 3.8) is 0 Å². The van der Waals surface area contributed by atoms with E-state index in [1.54, 1.807) is 0 Å². The van der Waals surface area contributed by atoms with Gasteiger partial charge in [0.1, 0.15) is 0 Å². The number of hydrogen-bond donors (Lipinski definition) is 1. The molecule has 0 aliphatic rings. The number of allylic oxidation sites excluding steroid dienone is 1. The molecule has 0 aromatic heterocycles. The van der Waals surface area contributed by atoms with Crippen molar-refractivity contribution in [1.82, 2.24) is 10.2 Å². The molecule has 0 saturated carbocycles. The smallest absolute Gasteiger partial charge is 0.0417 e. The zero-order valence-corrected chi connectivity index (χ0v) is 14.5. The fourth-order valence-electron chi connectivity index (χ4n) is 2.07.